The summed E-state index contributed by atoms with van der Waals surface area (Å²) >= 11 is 0. The standard InChI is InChI=1S/C13H16O2/c1-12(2)10-6-5-9(8-14)7-11(10)13(3,4)15-12/h5-8H,1-4H3. The highest BCUT2D eigenvalue weighted by Crippen LogP contribution is 2.46. The molecular formula is C13H16O2. The van der Waals surface area contributed by atoms with Crippen molar-refractivity contribution in [3.8, 4) is 0 Å². The van der Waals surface area contributed by atoms with Gasteiger partial charge < -0.3 is 4.74 Å². The lowest BCUT2D eigenvalue weighted by Gasteiger charge is -2.24. The van der Waals surface area contributed by atoms with Gasteiger partial charge in [-0.3, -0.25) is 4.79 Å². The molecule has 80 valence electrons. The van der Waals surface area contributed by atoms with E-state index in [1.807, 2.05) is 32.0 Å². The van der Waals surface area contributed by atoms with Crippen molar-refractivity contribution in [2.24, 2.45) is 0 Å². The fraction of sp³-hybridized carbons (Fsp3) is 0.462. The molecule has 1 aliphatic rings. The maximum atomic E-state index is 10.7. The van der Waals surface area contributed by atoms with Crippen molar-refractivity contribution in [1.82, 2.24) is 0 Å². The Balaban J connectivity index is 2.65. The van der Waals surface area contributed by atoms with E-state index in [4.69, 9.17) is 4.74 Å². The molecule has 2 rings (SSSR count). The quantitative estimate of drug-likeness (QED) is 0.657. The first-order chi connectivity index (χ1) is 6.87. The molecule has 0 radical (unpaired) electrons. The molecule has 0 atom stereocenters. The highest BCUT2D eigenvalue weighted by molar-refractivity contribution is 5.75. The molecule has 1 aromatic rings. The summed E-state index contributed by atoms with van der Waals surface area (Å²) in [6.45, 7) is 8.19. The van der Waals surface area contributed by atoms with E-state index >= 15 is 0 Å². The Morgan fingerprint density at radius 3 is 2.27 bits per heavy atom. The molecule has 1 heterocycles. The first-order valence-electron chi connectivity index (χ1n) is 5.17. The van der Waals surface area contributed by atoms with Crippen molar-refractivity contribution in [1.29, 1.82) is 0 Å². The second kappa shape index (κ2) is 2.92. The molecule has 0 saturated carbocycles. The number of carbonyl (C=O) groups excluding carboxylic acids is 1. The van der Waals surface area contributed by atoms with Crippen LogP contribution >= 0.6 is 0 Å². The Morgan fingerprint density at radius 1 is 1.07 bits per heavy atom. The smallest absolute Gasteiger partial charge is 0.150 e. The molecule has 1 aromatic carbocycles. The van der Waals surface area contributed by atoms with E-state index in [2.05, 4.69) is 13.8 Å². The van der Waals surface area contributed by atoms with Crippen LogP contribution in [-0.4, -0.2) is 6.29 Å². The van der Waals surface area contributed by atoms with E-state index in [0.29, 0.717) is 5.56 Å². The predicted octanol–water partition coefficient (Wildman–Crippen LogP) is 3.00. The summed E-state index contributed by atoms with van der Waals surface area (Å²) in [7, 11) is 0. The number of ether oxygens (including phenoxy) is 1. The van der Waals surface area contributed by atoms with Crippen LogP contribution in [-0.2, 0) is 15.9 Å². The van der Waals surface area contributed by atoms with E-state index in [0.717, 1.165) is 11.8 Å². The Kier molecular flexibility index (Phi) is 2.02. The minimum absolute atomic E-state index is 0.264. The van der Waals surface area contributed by atoms with Crippen molar-refractivity contribution in [3.05, 3.63) is 34.9 Å². The van der Waals surface area contributed by atoms with E-state index in [-0.39, 0.29) is 11.2 Å². The van der Waals surface area contributed by atoms with Crippen molar-refractivity contribution >= 4 is 6.29 Å². The van der Waals surface area contributed by atoms with Gasteiger partial charge in [0.1, 0.15) is 6.29 Å². The van der Waals surface area contributed by atoms with Gasteiger partial charge in [-0.1, -0.05) is 12.1 Å². The molecule has 15 heavy (non-hydrogen) atoms. The topological polar surface area (TPSA) is 26.3 Å². The minimum Gasteiger partial charge on any atom is -0.360 e. The zero-order chi connectivity index (χ0) is 11.3. The van der Waals surface area contributed by atoms with Crippen LogP contribution in [0, 0.1) is 0 Å². The van der Waals surface area contributed by atoms with E-state index in [1.54, 1.807) is 0 Å². The molecule has 1 aliphatic heterocycles. The summed E-state index contributed by atoms with van der Waals surface area (Å²) in [5.41, 5.74) is 2.44. The van der Waals surface area contributed by atoms with Crippen LogP contribution in [0.5, 0.6) is 0 Å². The molecule has 0 N–H and O–H groups in total. The third-order valence-corrected chi connectivity index (χ3v) is 2.99. The molecule has 0 aromatic heterocycles. The number of hydrogen-bond donors (Lipinski definition) is 0. The zero-order valence-corrected chi connectivity index (χ0v) is 9.63. The van der Waals surface area contributed by atoms with Gasteiger partial charge >= 0.3 is 0 Å². The van der Waals surface area contributed by atoms with Crippen LogP contribution in [0.4, 0.5) is 0 Å². The molecule has 0 spiro atoms. The Hall–Kier alpha value is -1.15. The lowest BCUT2D eigenvalue weighted by molar-refractivity contribution is -0.105. The SMILES string of the molecule is CC1(C)OC(C)(C)c2cc(C=O)ccc21. The molecule has 2 heteroatoms. The van der Waals surface area contributed by atoms with Gasteiger partial charge in [-0.05, 0) is 44.9 Å². The van der Waals surface area contributed by atoms with Crippen LogP contribution in [0.1, 0.15) is 49.2 Å². The fourth-order valence-electron chi connectivity index (χ4n) is 2.41. The van der Waals surface area contributed by atoms with Crippen molar-refractivity contribution in [3.63, 3.8) is 0 Å². The maximum Gasteiger partial charge on any atom is 0.150 e. The third-order valence-electron chi connectivity index (χ3n) is 2.99. The largest absolute Gasteiger partial charge is 0.360 e. The maximum absolute atomic E-state index is 10.7. The molecule has 0 fully saturated rings. The lowest BCUT2D eigenvalue weighted by Crippen LogP contribution is -2.22. The second-order valence-corrected chi connectivity index (χ2v) is 5.05. The molecule has 0 saturated heterocycles. The van der Waals surface area contributed by atoms with Crippen LogP contribution in [0.3, 0.4) is 0 Å². The van der Waals surface area contributed by atoms with Gasteiger partial charge in [-0.15, -0.1) is 0 Å². The van der Waals surface area contributed by atoms with Crippen molar-refractivity contribution < 1.29 is 9.53 Å². The summed E-state index contributed by atoms with van der Waals surface area (Å²) in [5.74, 6) is 0. The minimum atomic E-state index is -0.308. The van der Waals surface area contributed by atoms with E-state index in [1.165, 1.54) is 5.56 Å². The summed E-state index contributed by atoms with van der Waals surface area (Å²) in [6.07, 6.45) is 0.877. The molecule has 2 nitrogen and oxygen atoms in total. The molecule has 0 unspecified atom stereocenters. The van der Waals surface area contributed by atoms with Gasteiger partial charge in [0.05, 0.1) is 11.2 Å². The van der Waals surface area contributed by atoms with Gasteiger partial charge in [0.25, 0.3) is 0 Å². The molecular weight excluding hydrogens is 188 g/mol. The first-order valence-corrected chi connectivity index (χ1v) is 5.17. The number of rotatable bonds is 1. The molecule has 0 amide bonds. The normalized spacial score (nSPS) is 21.1. The van der Waals surface area contributed by atoms with Gasteiger partial charge in [0.2, 0.25) is 0 Å². The summed E-state index contributed by atoms with van der Waals surface area (Å²) in [5, 5.41) is 0. The average molecular weight is 204 g/mol. The number of aldehydes is 1. The van der Waals surface area contributed by atoms with Gasteiger partial charge in [-0.2, -0.15) is 0 Å². The zero-order valence-electron chi connectivity index (χ0n) is 9.63. The summed E-state index contributed by atoms with van der Waals surface area (Å²) in [4.78, 5) is 10.7. The van der Waals surface area contributed by atoms with E-state index < -0.39 is 0 Å². The lowest BCUT2D eigenvalue weighted by atomic mass is 9.89. The number of fused-ring (bicyclic) bond motifs is 1. The van der Waals surface area contributed by atoms with Gasteiger partial charge in [0.15, 0.2) is 0 Å². The van der Waals surface area contributed by atoms with E-state index in [9.17, 15) is 4.79 Å². The van der Waals surface area contributed by atoms with Gasteiger partial charge in [0, 0.05) is 5.56 Å². The van der Waals surface area contributed by atoms with Gasteiger partial charge in [-0.25, -0.2) is 0 Å². The number of carbonyl (C=O) groups is 1. The summed E-state index contributed by atoms with van der Waals surface area (Å²) in [6, 6.07) is 5.77. The van der Waals surface area contributed by atoms with Crippen LogP contribution in [0.2, 0.25) is 0 Å². The van der Waals surface area contributed by atoms with Crippen molar-refractivity contribution in [2.75, 3.05) is 0 Å². The third kappa shape index (κ3) is 1.49. The highest BCUT2D eigenvalue weighted by Gasteiger charge is 2.42. The Labute approximate surface area is 90.3 Å². The monoisotopic (exact) mass is 204 g/mol. The van der Waals surface area contributed by atoms with Crippen molar-refractivity contribution in [2.45, 2.75) is 38.9 Å². The number of hydrogen-bond acceptors (Lipinski definition) is 2. The van der Waals surface area contributed by atoms with Crippen LogP contribution in [0.25, 0.3) is 0 Å². The fourth-order valence-corrected chi connectivity index (χ4v) is 2.41. The van der Waals surface area contributed by atoms with Crippen LogP contribution < -0.4 is 0 Å². The predicted molar refractivity (Wildman–Crippen MR) is 59.0 cm³/mol. The number of benzene rings is 1. The second-order valence-electron chi connectivity index (χ2n) is 5.05. The Morgan fingerprint density at radius 2 is 1.67 bits per heavy atom. The summed E-state index contributed by atoms with van der Waals surface area (Å²) < 4.78 is 5.99. The van der Waals surface area contributed by atoms with Crippen LogP contribution in [0.15, 0.2) is 18.2 Å². The Bertz CT molecular complexity index is 417. The molecule has 0 bridgehead atoms. The average Bonchev–Trinajstić information content (AvgIpc) is 2.32. The molecule has 0 aliphatic carbocycles. The highest BCUT2D eigenvalue weighted by atomic mass is 16.5. The first kappa shape index (κ1) is 10.4.